The lowest BCUT2D eigenvalue weighted by Gasteiger charge is -2.35. The molecule has 0 spiro atoms. The first kappa shape index (κ1) is 40.3. The smallest absolute Gasteiger partial charge is 0.410 e. The number of fused-ring (bicyclic) bond motifs is 2. The lowest BCUT2D eigenvalue weighted by atomic mass is 9.99. The number of ether oxygens (including phenoxy) is 3. The van der Waals surface area contributed by atoms with E-state index in [9.17, 15) is 9.59 Å². The molecule has 60 heavy (non-hydrogen) atoms. The zero-order valence-corrected chi connectivity index (χ0v) is 35.0. The first-order valence-corrected chi connectivity index (χ1v) is 20.8. The van der Waals surface area contributed by atoms with Crippen LogP contribution in [0, 0.1) is 0 Å². The summed E-state index contributed by atoms with van der Waals surface area (Å²) in [5.41, 5.74) is 6.05. The molecule has 0 aliphatic carbocycles. The van der Waals surface area contributed by atoms with Crippen LogP contribution >= 0.6 is 0 Å². The normalized spacial score (nSPS) is 16.0. The van der Waals surface area contributed by atoms with Crippen LogP contribution < -0.4 is 15.0 Å². The van der Waals surface area contributed by atoms with E-state index in [4.69, 9.17) is 29.2 Å². The van der Waals surface area contributed by atoms with Crippen LogP contribution in [0.25, 0.3) is 27.7 Å². The van der Waals surface area contributed by atoms with Crippen LogP contribution in [-0.4, -0.2) is 97.5 Å². The molecule has 2 amide bonds. The zero-order chi connectivity index (χ0) is 41.8. The van der Waals surface area contributed by atoms with Crippen molar-refractivity contribution in [2.75, 3.05) is 49.5 Å². The Morgan fingerprint density at radius 1 is 0.883 bits per heavy atom. The van der Waals surface area contributed by atoms with Gasteiger partial charge < -0.3 is 34.2 Å². The van der Waals surface area contributed by atoms with Gasteiger partial charge in [-0.1, -0.05) is 74.5 Å². The Bertz CT molecular complexity index is 2460. The second kappa shape index (κ2) is 17.4. The van der Waals surface area contributed by atoms with Gasteiger partial charge in [-0.15, -0.1) is 0 Å². The summed E-state index contributed by atoms with van der Waals surface area (Å²) < 4.78 is 19.4. The lowest BCUT2D eigenvalue weighted by molar-refractivity contribution is 0.00661. The van der Waals surface area contributed by atoms with Crippen molar-refractivity contribution in [3.05, 3.63) is 108 Å². The van der Waals surface area contributed by atoms with Crippen LogP contribution in [0.2, 0.25) is 0 Å². The fourth-order valence-electron chi connectivity index (χ4n) is 7.74. The number of aromatic nitrogens is 5. The highest BCUT2D eigenvalue weighted by Crippen LogP contribution is 2.33. The van der Waals surface area contributed by atoms with Crippen molar-refractivity contribution in [1.29, 1.82) is 0 Å². The van der Waals surface area contributed by atoms with E-state index in [1.54, 1.807) is 14.3 Å². The maximum Gasteiger partial charge on any atom is 0.410 e. The molecule has 2 aliphatic heterocycles. The first-order chi connectivity index (χ1) is 29.0. The number of rotatable bonds is 10. The highest BCUT2D eigenvalue weighted by Gasteiger charge is 2.30. The van der Waals surface area contributed by atoms with E-state index in [0.717, 1.165) is 57.2 Å². The Morgan fingerprint density at radius 3 is 2.45 bits per heavy atom. The Labute approximate surface area is 350 Å². The van der Waals surface area contributed by atoms with E-state index in [-0.39, 0.29) is 36.8 Å². The van der Waals surface area contributed by atoms with Crippen molar-refractivity contribution in [3.63, 3.8) is 0 Å². The van der Waals surface area contributed by atoms with Crippen LogP contribution in [0.3, 0.4) is 0 Å². The Morgan fingerprint density at radius 2 is 1.67 bits per heavy atom. The van der Waals surface area contributed by atoms with Gasteiger partial charge in [0, 0.05) is 67.7 Å². The van der Waals surface area contributed by atoms with Gasteiger partial charge in [-0.2, -0.15) is 19.6 Å². The van der Waals surface area contributed by atoms with Gasteiger partial charge >= 0.3 is 18.2 Å². The third-order valence-corrected chi connectivity index (χ3v) is 10.9. The fourth-order valence-corrected chi connectivity index (χ4v) is 7.74. The predicted octanol–water partition coefficient (Wildman–Crippen LogP) is 8.31. The highest BCUT2D eigenvalue weighted by atomic mass is 16.6. The van der Waals surface area contributed by atoms with Crippen LogP contribution in [-0.2, 0) is 22.6 Å². The van der Waals surface area contributed by atoms with Gasteiger partial charge in [0.25, 0.3) is 0 Å². The molecule has 2 saturated heterocycles. The number of hydrogen-bond acceptors (Lipinski definition) is 11. The SMILES string of the molecule is CC(C)c1cnn2c(NCc3ccccc3-c3nccc4cc(N5CCN(C(=O)OCc6ccccc6)CC5)ccc34)nc(O[C@@H]3CCCN(C(=O)OC(C)(C)C)C3)nc12. The molecule has 0 bridgehead atoms. The topological polar surface area (TPSA) is 140 Å². The molecule has 0 radical (unpaired) electrons. The largest absolute Gasteiger partial charge is 0.458 e. The molecule has 2 aliphatic rings. The predicted molar refractivity (Wildman–Crippen MR) is 231 cm³/mol. The van der Waals surface area contributed by atoms with Gasteiger partial charge in [0.15, 0.2) is 5.65 Å². The van der Waals surface area contributed by atoms with Crippen molar-refractivity contribution in [3.8, 4) is 17.3 Å². The molecule has 14 nitrogen and oxygen atoms in total. The molecule has 6 aromatic rings. The lowest BCUT2D eigenvalue weighted by Crippen LogP contribution is -2.48. The summed E-state index contributed by atoms with van der Waals surface area (Å²) in [4.78, 5) is 46.0. The van der Waals surface area contributed by atoms with E-state index < -0.39 is 5.60 Å². The van der Waals surface area contributed by atoms with Gasteiger partial charge in [0.2, 0.25) is 5.95 Å². The van der Waals surface area contributed by atoms with E-state index in [1.165, 1.54) is 0 Å². The summed E-state index contributed by atoms with van der Waals surface area (Å²) in [6, 6.07) is 26.7. The molecular weight excluding hydrogens is 759 g/mol. The highest BCUT2D eigenvalue weighted by molar-refractivity contribution is 5.97. The van der Waals surface area contributed by atoms with Gasteiger partial charge in [-0.3, -0.25) is 4.98 Å². The third kappa shape index (κ3) is 9.22. The second-order valence-corrected chi connectivity index (χ2v) is 16.7. The number of amides is 2. The van der Waals surface area contributed by atoms with Gasteiger partial charge in [-0.25, -0.2) is 9.59 Å². The van der Waals surface area contributed by atoms with Gasteiger partial charge in [0.1, 0.15) is 18.3 Å². The van der Waals surface area contributed by atoms with Crippen LogP contribution in [0.15, 0.2) is 91.3 Å². The number of piperazine rings is 1. The molecule has 312 valence electrons. The minimum Gasteiger partial charge on any atom is -0.458 e. The Kier molecular flexibility index (Phi) is 11.7. The first-order valence-electron chi connectivity index (χ1n) is 20.8. The molecule has 1 N–H and O–H groups in total. The monoisotopic (exact) mass is 811 g/mol. The van der Waals surface area contributed by atoms with Crippen molar-refractivity contribution in [1.82, 2.24) is 34.4 Å². The van der Waals surface area contributed by atoms with Crippen LogP contribution in [0.5, 0.6) is 6.01 Å². The fraction of sp³-hybridized carbons (Fsp3) is 0.391. The molecule has 1 atom stereocenters. The molecule has 2 fully saturated rings. The summed E-state index contributed by atoms with van der Waals surface area (Å²) in [7, 11) is 0. The third-order valence-electron chi connectivity index (χ3n) is 10.9. The summed E-state index contributed by atoms with van der Waals surface area (Å²) in [5, 5.41) is 10.3. The van der Waals surface area contributed by atoms with E-state index in [1.807, 2.05) is 81.7 Å². The van der Waals surface area contributed by atoms with E-state index in [0.29, 0.717) is 57.4 Å². The number of carbonyl (C=O) groups is 2. The van der Waals surface area contributed by atoms with Crippen LogP contribution in [0.4, 0.5) is 21.2 Å². The molecular formula is C46H53N9O5. The molecule has 14 heteroatoms. The molecule has 3 aromatic carbocycles. The molecule has 0 unspecified atom stereocenters. The zero-order valence-electron chi connectivity index (χ0n) is 35.0. The molecule has 5 heterocycles. The van der Waals surface area contributed by atoms with Crippen molar-refractivity contribution >= 4 is 40.2 Å². The number of benzene rings is 3. The Balaban J connectivity index is 0.976. The maximum atomic E-state index is 12.9. The van der Waals surface area contributed by atoms with E-state index in [2.05, 4.69) is 59.5 Å². The van der Waals surface area contributed by atoms with Gasteiger partial charge in [-0.05, 0) is 74.2 Å². The minimum absolute atomic E-state index is 0.174. The van der Waals surface area contributed by atoms with Crippen molar-refractivity contribution in [2.45, 2.75) is 78.2 Å². The average Bonchev–Trinajstić information content (AvgIpc) is 3.69. The van der Waals surface area contributed by atoms with Gasteiger partial charge in [0.05, 0.1) is 18.4 Å². The summed E-state index contributed by atoms with van der Waals surface area (Å²) in [5.74, 6) is 0.671. The number of piperidine rings is 1. The number of carbonyl (C=O) groups excluding carboxylic acids is 2. The summed E-state index contributed by atoms with van der Waals surface area (Å²) in [6.45, 7) is 14.1. The number of nitrogens with one attached hydrogen (secondary N) is 1. The number of nitrogens with zero attached hydrogens (tertiary/aromatic N) is 8. The second-order valence-electron chi connectivity index (χ2n) is 16.7. The standard InChI is InChI=1S/C46H53N9O5/c1-31(2)39-28-49-55-41(39)50-43(59-36-15-11-21-54(29-36)45(57)60-46(3,4)5)51-42(55)48-27-34-14-9-10-16-37(34)40-38-18-17-35(26-33(38)19-20-47-40)52-22-24-53(25-23-52)44(56)58-30-32-12-7-6-8-13-32/h6-10,12-14,16-20,26,28,31,36H,11,15,21-25,27,29-30H2,1-5H3,(H,48,50,51)/t36-/m1/s1. The quantitative estimate of drug-likeness (QED) is 0.143. The minimum atomic E-state index is -0.582. The van der Waals surface area contributed by atoms with Crippen molar-refractivity contribution in [2.24, 2.45) is 0 Å². The molecule has 8 rings (SSSR count). The summed E-state index contributed by atoms with van der Waals surface area (Å²) in [6.07, 6.45) is 4.32. The number of hydrogen-bond donors (Lipinski definition) is 1. The van der Waals surface area contributed by atoms with Crippen molar-refractivity contribution < 1.29 is 23.8 Å². The molecule has 3 aromatic heterocycles. The summed E-state index contributed by atoms with van der Waals surface area (Å²) >= 11 is 0. The number of likely N-dealkylation sites (tertiary alicyclic amines) is 1. The number of pyridine rings is 1. The Hall–Kier alpha value is -6.44. The van der Waals surface area contributed by atoms with E-state index >= 15 is 0 Å². The number of anilines is 2. The molecule has 0 saturated carbocycles. The maximum absolute atomic E-state index is 12.9. The average molecular weight is 812 g/mol. The van der Waals surface area contributed by atoms with Crippen LogP contribution in [0.1, 0.15) is 70.1 Å².